The smallest absolute Gasteiger partial charge is 0.0316 e. The van der Waals surface area contributed by atoms with Crippen LogP contribution in [0.25, 0.3) is 0 Å². The van der Waals surface area contributed by atoms with E-state index >= 15 is 0 Å². The normalized spacial score (nSPS) is 10.7. The maximum atomic E-state index is 5.77. The third-order valence-electron chi connectivity index (χ3n) is 3.52. The zero-order valence-corrected chi connectivity index (χ0v) is 12.0. The van der Waals surface area contributed by atoms with Crippen LogP contribution in [0, 0.1) is 0 Å². The van der Waals surface area contributed by atoms with Crippen molar-refractivity contribution < 1.29 is 0 Å². The fourth-order valence-electron chi connectivity index (χ4n) is 2.39. The van der Waals surface area contributed by atoms with Crippen molar-refractivity contribution in [3.8, 4) is 0 Å². The lowest BCUT2D eigenvalue weighted by Gasteiger charge is -2.03. The summed E-state index contributed by atoms with van der Waals surface area (Å²) in [5.41, 5.74) is 8.05. The lowest BCUT2D eigenvalue weighted by Crippen LogP contribution is -1.89. The maximum absolute atomic E-state index is 5.77. The van der Waals surface area contributed by atoms with Crippen molar-refractivity contribution >= 4 is 5.69 Å². The van der Waals surface area contributed by atoms with E-state index in [1.165, 1.54) is 69.8 Å². The lowest BCUT2D eigenvalue weighted by molar-refractivity contribution is 0.565. The molecule has 0 spiro atoms. The molecule has 0 aliphatic rings. The quantitative estimate of drug-likeness (QED) is 0.438. The molecule has 18 heavy (non-hydrogen) atoms. The van der Waals surface area contributed by atoms with Crippen molar-refractivity contribution in [2.75, 3.05) is 5.73 Å². The predicted octanol–water partition coefficient (Wildman–Crippen LogP) is 5.34. The van der Waals surface area contributed by atoms with Crippen LogP contribution in [0.15, 0.2) is 24.3 Å². The third kappa shape index (κ3) is 7.37. The molecule has 0 heterocycles. The Labute approximate surface area is 113 Å². The molecule has 0 radical (unpaired) electrons. The highest BCUT2D eigenvalue weighted by Gasteiger charge is 1.95. The van der Waals surface area contributed by atoms with Crippen LogP contribution in [-0.2, 0) is 6.42 Å². The molecule has 0 amide bonds. The largest absolute Gasteiger partial charge is 0.399 e. The average molecular weight is 247 g/mol. The van der Waals surface area contributed by atoms with Crippen LogP contribution in [0.4, 0.5) is 5.69 Å². The molecule has 2 N–H and O–H groups in total. The van der Waals surface area contributed by atoms with Gasteiger partial charge in [0.15, 0.2) is 0 Å². The maximum Gasteiger partial charge on any atom is 0.0316 e. The van der Waals surface area contributed by atoms with E-state index in [1.54, 1.807) is 0 Å². The van der Waals surface area contributed by atoms with Crippen molar-refractivity contribution in [3.63, 3.8) is 0 Å². The molecule has 0 atom stereocenters. The van der Waals surface area contributed by atoms with Crippen molar-refractivity contribution in [2.24, 2.45) is 0 Å². The SMILES string of the molecule is CCCCCCCCCCCc1cccc(N)c1. The van der Waals surface area contributed by atoms with Gasteiger partial charge in [-0.3, -0.25) is 0 Å². The first-order valence-corrected chi connectivity index (χ1v) is 7.67. The molecule has 1 heteroatoms. The summed E-state index contributed by atoms with van der Waals surface area (Å²) in [4.78, 5) is 0. The van der Waals surface area contributed by atoms with Crippen molar-refractivity contribution in [1.29, 1.82) is 0 Å². The van der Waals surface area contributed by atoms with Gasteiger partial charge in [0, 0.05) is 5.69 Å². The Morgan fingerprint density at radius 2 is 1.44 bits per heavy atom. The summed E-state index contributed by atoms with van der Waals surface area (Å²) >= 11 is 0. The van der Waals surface area contributed by atoms with Crippen LogP contribution in [0.5, 0.6) is 0 Å². The zero-order valence-electron chi connectivity index (χ0n) is 12.0. The van der Waals surface area contributed by atoms with Gasteiger partial charge in [0.25, 0.3) is 0 Å². The summed E-state index contributed by atoms with van der Waals surface area (Å²) in [6, 6.07) is 8.30. The summed E-state index contributed by atoms with van der Waals surface area (Å²) in [5.74, 6) is 0. The van der Waals surface area contributed by atoms with Crippen LogP contribution in [0.1, 0.15) is 70.3 Å². The molecule has 0 aliphatic carbocycles. The van der Waals surface area contributed by atoms with E-state index in [0.29, 0.717) is 0 Å². The molecule has 1 aromatic carbocycles. The Hall–Kier alpha value is -0.980. The monoisotopic (exact) mass is 247 g/mol. The predicted molar refractivity (Wildman–Crippen MR) is 81.8 cm³/mol. The molecule has 0 aromatic heterocycles. The highest BCUT2D eigenvalue weighted by atomic mass is 14.5. The molecule has 0 saturated carbocycles. The Kier molecular flexibility index (Phi) is 8.37. The Morgan fingerprint density at radius 3 is 2.06 bits per heavy atom. The minimum absolute atomic E-state index is 0.892. The van der Waals surface area contributed by atoms with Gasteiger partial charge in [-0.2, -0.15) is 0 Å². The molecule has 1 rings (SSSR count). The number of nitrogen functional groups attached to an aromatic ring is 1. The molecule has 0 fully saturated rings. The first-order chi connectivity index (χ1) is 8.83. The zero-order chi connectivity index (χ0) is 13.1. The second-order valence-electron chi connectivity index (χ2n) is 5.32. The first kappa shape index (κ1) is 15.1. The van der Waals surface area contributed by atoms with Gasteiger partial charge < -0.3 is 5.73 Å². The van der Waals surface area contributed by atoms with Crippen molar-refractivity contribution in [3.05, 3.63) is 29.8 Å². The fourth-order valence-corrected chi connectivity index (χ4v) is 2.39. The highest BCUT2D eigenvalue weighted by Crippen LogP contribution is 2.13. The molecule has 0 aliphatic heterocycles. The lowest BCUT2D eigenvalue weighted by atomic mass is 10.0. The Bertz CT molecular complexity index is 306. The molecular formula is C17H29N. The summed E-state index contributed by atoms with van der Waals surface area (Å²) in [6.07, 6.45) is 13.7. The summed E-state index contributed by atoms with van der Waals surface area (Å²) in [7, 11) is 0. The Balaban J connectivity index is 1.92. The molecule has 1 aromatic rings. The fraction of sp³-hybridized carbons (Fsp3) is 0.647. The molecule has 0 bridgehead atoms. The van der Waals surface area contributed by atoms with Crippen molar-refractivity contribution in [2.45, 2.75) is 71.1 Å². The number of anilines is 1. The summed E-state index contributed by atoms with van der Waals surface area (Å²) in [5, 5.41) is 0. The highest BCUT2D eigenvalue weighted by molar-refractivity contribution is 5.40. The van der Waals surface area contributed by atoms with E-state index in [4.69, 9.17) is 5.73 Å². The first-order valence-electron chi connectivity index (χ1n) is 7.67. The van der Waals surface area contributed by atoms with Gasteiger partial charge in [-0.15, -0.1) is 0 Å². The van der Waals surface area contributed by atoms with E-state index in [0.717, 1.165) is 5.69 Å². The van der Waals surface area contributed by atoms with Gasteiger partial charge in [-0.1, -0.05) is 70.4 Å². The number of hydrogen-bond acceptors (Lipinski definition) is 1. The van der Waals surface area contributed by atoms with E-state index in [2.05, 4.69) is 25.1 Å². The van der Waals surface area contributed by atoms with E-state index in [1.807, 2.05) is 6.07 Å². The van der Waals surface area contributed by atoms with Gasteiger partial charge in [0.05, 0.1) is 0 Å². The van der Waals surface area contributed by atoms with Gasteiger partial charge in [0.1, 0.15) is 0 Å². The number of unbranched alkanes of at least 4 members (excludes halogenated alkanes) is 8. The topological polar surface area (TPSA) is 26.0 Å². The van der Waals surface area contributed by atoms with Crippen LogP contribution < -0.4 is 5.73 Å². The van der Waals surface area contributed by atoms with Gasteiger partial charge in [-0.25, -0.2) is 0 Å². The number of benzene rings is 1. The Morgan fingerprint density at radius 1 is 0.833 bits per heavy atom. The second-order valence-corrected chi connectivity index (χ2v) is 5.32. The minimum atomic E-state index is 0.892. The standard InChI is InChI=1S/C17H29N/c1-2-3-4-5-6-7-8-9-10-12-16-13-11-14-17(18)15-16/h11,13-15H,2-10,12,18H2,1H3. The van der Waals surface area contributed by atoms with Crippen LogP contribution >= 0.6 is 0 Å². The van der Waals surface area contributed by atoms with Crippen LogP contribution in [-0.4, -0.2) is 0 Å². The van der Waals surface area contributed by atoms with E-state index in [9.17, 15) is 0 Å². The molecule has 1 nitrogen and oxygen atoms in total. The van der Waals surface area contributed by atoms with Gasteiger partial charge in [-0.05, 0) is 30.5 Å². The van der Waals surface area contributed by atoms with Crippen molar-refractivity contribution in [1.82, 2.24) is 0 Å². The number of aryl methyl sites for hydroxylation is 1. The van der Waals surface area contributed by atoms with E-state index < -0.39 is 0 Å². The van der Waals surface area contributed by atoms with E-state index in [-0.39, 0.29) is 0 Å². The van der Waals surface area contributed by atoms with Gasteiger partial charge in [0.2, 0.25) is 0 Å². The molecule has 0 saturated heterocycles. The summed E-state index contributed by atoms with van der Waals surface area (Å²) < 4.78 is 0. The van der Waals surface area contributed by atoms with Crippen LogP contribution in [0.2, 0.25) is 0 Å². The number of hydrogen-bond donors (Lipinski definition) is 1. The average Bonchev–Trinajstić information content (AvgIpc) is 2.37. The number of nitrogens with two attached hydrogens (primary N) is 1. The third-order valence-corrected chi connectivity index (χ3v) is 3.52. The van der Waals surface area contributed by atoms with Crippen LogP contribution in [0.3, 0.4) is 0 Å². The number of rotatable bonds is 10. The summed E-state index contributed by atoms with van der Waals surface area (Å²) in [6.45, 7) is 2.27. The second kappa shape index (κ2) is 9.99. The van der Waals surface area contributed by atoms with Gasteiger partial charge >= 0.3 is 0 Å². The molecule has 0 unspecified atom stereocenters. The molecule has 102 valence electrons. The molecular weight excluding hydrogens is 218 g/mol. The minimum Gasteiger partial charge on any atom is -0.399 e.